The minimum Gasteiger partial charge on any atom is -0.390 e. The SMILES string of the molecule is CCOC1(C(O)Cc2nccn2C)CCCC1. The zero-order chi connectivity index (χ0) is 12.3. The summed E-state index contributed by atoms with van der Waals surface area (Å²) in [5.41, 5.74) is -0.333. The second-order valence-electron chi connectivity index (χ2n) is 4.88. The van der Waals surface area contributed by atoms with Gasteiger partial charge in [0.2, 0.25) is 0 Å². The fourth-order valence-corrected chi connectivity index (χ4v) is 2.79. The van der Waals surface area contributed by atoms with Gasteiger partial charge in [0.25, 0.3) is 0 Å². The molecule has 0 bridgehead atoms. The van der Waals surface area contributed by atoms with Gasteiger partial charge in [-0.2, -0.15) is 0 Å². The third-order valence-corrected chi connectivity index (χ3v) is 3.79. The van der Waals surface area contributed by atoms with Gasteiger partial charge in [0.05, 0.1) is 11.7 Å². The van der Waals surface area contributed by atoms with E-state index in [-0.39, 0.29) is 5.60 Å². The lowest BCUT2D eigenvalue weighted by Gasteiger charge is -2.34. The van der Waals surface area contributed by atoms with Crippen molar-refractivity contribution in [1.82, 2.24) is 9.55 Å². The molecule has 1 aliphatic rings. The van der Waals surface area contributed by atoms with Gasteiger partial charge in [0, 0.05) is 32.5 Å². The quantitative estimate of drug-likeness (QED) is 0.849. The molecule has 0 aliphatic heterocycles. The lowest BCUT2D eigenvalue weighted by Crippen LogP contribution is -2.44. The number of aryl methyl sites for hydroxylation is 1. The topological polar surface area (TPSA) is 47.3 Å². The predicted molar refractivity (Wildman–Crippen MR) is 65.7 cm³/mol. The average Bonchev–Trinajstić information content (AvgIpc) is 2.91. The largest absolute Gasteiger partial charge is 0.390 e. The normalized spacial score (nSPS) is 20.6. The molecule has 1 aliphatic carbocycles. The predicted octanol–water partition coefficient (Wildman–Crippen LogP) is 1.67. The maximum atomic E-state index is 10.4. The molecule has 1 N–H and O–H groups in total. The van der Waals surface area contributed by atoms with Crippen LogP contribution in [0.3, 0.4) is 0 Å². The zero-order valence-corrected chi connectivity index (χ0v) is 10.7. The number of ether oxygens (including phenoxy) is 1. The molecule has 0 spiro atoms. The van der Waals surface area contributed by atoms with E-state index in [1.54, 1.807) is 6.20 Å². The van der Waals surface area contributed by atoms with Crippen molar-refractivity contribution in [3.05, 3.63) is 18.2 Å². The number of nitrogens with zero attached hydrogens (tertiary/aromatic N) is 2. The van der Waals surface area contributed by atoms with Crippen LogP contribution in [0.2, 0.25) is 0 Å². The number of aliphatic hydroxyl groups excluding tert-OH is 1. The average molecular weight is 238 g/mol. The standard InChI is InChI=1S/C13H22N2O2/c1-3-17-13(6-4-5-7-13)11(16)10-12-14-8-9-15(12)2/h8-9,11,16H,3-7,10H2,1-2H3. The molecule has 0 amide bonds. The van der Waals surface area contributed by atoms with Crippen LogP contribution in [0.4, 0.5) is 0 Å². The Bertz CT molecular complexity index is 356. The molecule has 4 nitrogen and oxygen atoms in total. The molecular weight excluding hydrogens is 216 g/mol. The highest BCUT2D eigenvalue weighted by molar-refractivity contribution is 5.00. The van der Waals surface area contributed by atoms with Gasteiger partial charge >= 0.3 is 0 Å². The van der Waals surface area contributed by atoms with Crippen LogP contribution in [0.5, 0.6) is 0 Å². The first-order chi connectivity index (χ1) is 8.18. The molecule has 0 saturated heterocycles. The van der Waals surface area contributed by atoms with E-state index in [4.69, 9.17) is 4.74 Å². The van der Waals surface area contributed by atoms with Gasteiger partial charge in [0.1, 0.15) is 5.82 Å². The molecule has 1 heterocycles. The Hall–Kier alpha value is -0.870. The molecule has 0 radical (unpaired) electrons. The van der Waals surface area contributed by atoms with Crippen molar-refractivity contribution < 1.29 is 9.84 Å². The summed E-state index contributed by atoms with van der Waals surface area (Å²) in [7, 11) is 1.96. The zero-order valence-electron chi connectivity index (χ0n) is 10.7. The van der Waals surface area contributed by atoms with E-state index < -0.39 is 6.10 Å². The van der Waals surface area contributed by atoms with Crippen LogP contribution in [0.1, 0.15) is 38.4 Å². The molecule has 1 unspecified atom stereocenters. The minimum absolute atomic E-state index is 0.333. The lowest BCUT2D eigenvalue weighted by molar-refractivity contribution is -0.116. The maximum absolute atomic E-state index is 10.4. The number of rotatable bonds is 5. The number of hydrogen-bond donors (Lipinski definition) is 1. The highest BCUT2D eigenvalue weighted by atomic mass is 16.5. The lowest BCUT2D eigenvalue weighted by atomic mass is 9.92. The Kier molecular flexibility index (Phi) is 3.84. The first-order valence-corrected chi connectivity index (χ1v) is 6.46. The smallest absolute Gasteiger partial charge is 0.111 e. The van der Waals surface area contributed by atoms with Gasteiger partial charge in [-0.05, 0) is 19.8 Å². The number of hydrogen-bond acceptors (Lipinski definition) is 3. The highest BCUT2D eigenvalue weighted by Gasteiger charge is 2.41. The van der Waals surface area contributed by atoms with Crippen molar-refractivity contribution in [3.63, 3.8) is 0 Å². The third kappa shape index (κ3) is 2.53. The van der Waals surface area contributed by atoms with Crippen LogP contribution in [0.25, 0.3) is 0 Å². The summed E-state index contributed by atoms with van der Waals surface area (Å²) in [6.07, 6.45) is 8.03. The van der Waals surface area contributed by atoms with Crippen molar-refractivity contribution in [3.8, 4) is 0 Å². The molecule has 1 fully saturated rings. The van der Waals surface area contributed by atoms with Crippen LogP contribution in [0.15, 0.2) is 12.4 Å². The molecular formula is C13H22N2O2. The first-order valence-electron chi connectivity index (χ1n) is 6.46. The van der Waals surface area contributed by atoms with Crippen LogP contribution in [0, 0.1) is 0 Å². The molecule has 2 rings (SSSR count). The number of aliphatic hydroxyl groups is 1. The van der Waals surface area contributed by atoms with E-state index in [2.05, 4.69) is 4.98 Å². The fraction of sp³-hybridized carbons (Fsp3) is 0.769. The molecule has 96 valence electrons. The summed E-state index contributed by atoms with van der Waals surface area (Å²) in [5.74, 6) is 0.920. The summed E-state index contributed by atoms with van der Waals surface area (Å²) < 4.78 is 7.81. The van der Waals surface area contributed by atoms with Gasteiger partial charge in [-0.1, -0.05) is 12.8 Å². The Morgan fingerprint density at radius 1 is 1.53 bits per heavy atom. The van der Waals surface area contributed by atoms with Crippen molar-refractivity contribution in [2.45, 2.75) is 50.7 Å². The molecule has 4 heteroatoms. The van der Waals surface area contributed by atoms with Crippen molar-refractivity contribution in [2.24, 2.45) is 7.05 Å². The van der Waals surface area contributed by atoms with Gasteiger partial charge in [0.15, 0.2) is 0 Å². The maximum Gasteiger partial charge on any atom is 0.111 e. The van der Waals surface area contributed by atoms with Gasteiger partial charge in [-0.15, -0.1) is 0 Å². The van der Waals surface area contributed by atoms with E-state index in [0.717, 1.165) is 31.5 Å². The Morgan fingerprint density at radius 2 is 2.24 bits per heavy atom. The number of aromatic nitrogens is 2. The summed E-state index contributed by atoms with van der Waals surface area (Å²) in [6.45, 7) is 2.66. The van der Waals surface area contributed by atoms with E-state index >= 15 is 0 Å². The summed E-state index contributed by atoms with van der Waals surface area (Å²) in [5, 5.41) is 10.4. The fourth-order valence-electron chi connectivity index (χ4n) is 2.79. The first kappa shape index (κ1) is 12.6. The van der Waals surface area contributed by atoms with Crippen molar-refractivity contribution >= 4 is 0 Å². The molecule has 1 saturated carbocycles. The second-order valence-corrected chi connectivity index (χ2v) is 4.88. The van der Waals surface area contributed by atoms with Crippen LogP contribution in [-0.4, -0.2) is 33.0 Å². The van der Waals surface area contributed by atoms with Crippen LogP contribution >= 0.6 is 0 Å². The van der Waals surface area contributed by atoms with Gasteiger partial charge in [-0.25, -0.2) is 4.98 Å². The molecule has 1 atom stereocenters. The van der Waals surface area contributed by atoms with Crippen molar-refractivity contribution in [2.75, 3.05) is 6.61 Å². The molecule has 17 heavy (non-hydrogen) atoms. The highest BCUT2D eigenvalue weighted by Crippen LogP contribution is 2.37. The van der Waals surface area contributed by atoms with Gasteiger partial charge < -0.3 is 14.4 Å². The van der Waals surface area contributed by atoms with Crippen molar-refractivity contribution in [1.29, 1.82) is 0 Å². The minimum atomic E-state index is -0.453. The van der Waals surface area contributed by atoms with E-state index in [1.165, 1.54) is 0 Å². The number of imidazole rings is 1. The summed E-state index contributed by atoms with van der Waals surface area (Å²) >= 11 is 0. The third-order valence-electron chi connectivity index (χ3n) is 3.79. The van der Waals surface area contributed by atoms with E-state index in [9.17, 15) is 5.11 Å². The summed E-state index contributed by atoms with van der Waals surface area (Å²) in [6, 6.07) is 0. The van der Waals surface area contributed by atoms with Gasteiger partial charge in [-0.3, -0.25) is 0 Å². The van der Waals surface area contributed by atoms with Crippen LogP contribution < -0.4 is 0 Å². The molecule has 1 aromatic heterocycles. The Balaban J connectivity index is 2.07. The Labute approximate surface area is 103 Å². The second kappa shape index (κ2) is 5.19. The van der Waals surface area contributed by atoms with Crippen LogP contribution in [-0.2, 0) is 18.2 Å². The summed E-state index contributed by atoms with van der Waals surface area (Å²) in [4.78, 5) is 4.27. The van der Waals surface area contributed by atoms with E-state index in [1.807, 2.05) is 24.7 Å². The monoisotopic (exact) mass is 238 g/mol. The molecule has 0 aromatic carbocycles. The Morgan fingerprint density at radius 3 is 2.76 bits per heavy atom. The molecule has 1 aromatic rings. The van der Waals surface area contributed by atoms with E-state index in [0.29, 0.717) is 13.0 Å².